The Morgan fingerprint density at radius 2 is 1.74 bits per heavy atom. The van der Waals surface area contributed by atoms with Gasteiger partial charge in [-0.2, -0.15) is 0 Å². The Labute approximate surface area is 157 Å². The van der Waals surface area contributed by atoms with E-state index in [1.165, 1.54) is 12.7 Å². The largest absolute Gasteiger partial charge is 0.478 e. The molecule has 3 N–H and O–H groups in total. The van der Waals surface area contributed by atoms with Gasteiger partial charge in [-0.05, 0) is 44.0 Å². The lowest BCUT2D eigenvalue weighted by molar-refractivity contribution is -0.134. The van der Waals surface area contributed by atoms with Crippen molar-refractivity contribution in [3.8, 4) is 0 Å². The van der Waals surface area contributed by atoms with Crippen molar-refractivity contribution >= 4 is 17.9 Å². The van der Waals surface area contributed by atoms with Crippen LogP contribution in [0, 0.1) is 0 Å². The number of esters is 1. The van der Waals surface area contributed by atoms with Gasteiger partial charge in [0.15, 0.2) is 0 Å². The molecule has 8 heteroatoms. The van der Waals surface area contributed by atoms with Crippen LogP contribution in [0.15, 0.2) is 36.4 Å². The Morgan fingerprint density at radius 3 is 2.22 bits per heavy atom. The van der Waals surface area contributed by atoms with Crippen molar-refractivity contribution in [3.05, 3.63) is 47.5 Å². The highest BCUT2D eigenvalue weighted by Crippen LogP contribution is 2.25. The van der Waals surface area contributed by atoms with Crippen LogP contribution >= 0.6 is 0 Å². The third kappa shape index (κ3) is 8.48. The van der Waals surface area contributed by atoms with Gasteiger partial charge in [0.25, 0.3) is 0 Å². The van der Waals surface area contributed by atoms with Crippen LogP contribution in [-0.2, 0) is 19.1 Å². The van der Waals surface area contributed by atoms with Crippen molar-refractivity contribution in [1.29, 1.82) is 0 Å². The van der Waals surface area contributed by atoms with Crippen LogP contribution in [-0.4, -0.2) is 54.5 Å². The number of carbonyl (C=O) groups is 3. The first-order valence-electron chi connectivity index (χ1n) is 8.54. The van der Waals surface area contributed by atoms with Gasteiger partial charge < -0.3 is 25.0 Å². The summed E-state index contributed by atoms with van der Waals surface area (Å²) >= 11 is 0. The number of piperidine rings is 1. The minimum Gasteiger partial charge on any atom is -0.478 e. The van der Waals surface area contributed by atoms with E-state index in [-0.39, 0.29) is 5.97 Å². The Balaban J connectivity index is 0.000000387. The Kier molecular flexibility index (Phi) is 9.78. The number of rotatable bonds is 6. The van der Waals surface area contributed by atoms with Crippen molar-refractivity contribution in [3.63, 3.8) is 0 Å². The monoisotopic (exact) mass is 379 g/mol. The predicted molar refractivity (Wildman–Crippen MR) is 97.6 cm³/mol. The topological polar surface area (TPSA) is 122 Å². The minimum atomic E-state index is -1.26. The average Bonchev–Trinajstić information content (AvgIpc) is 2.67. The molecule has 0 spiro atoms. The molecule has 1 aliphatic heterocycles. The molecule has 0 bridgehead atoms. The second-order valence-corrected chi connectivity index (χ2v) is 5.73. The van der Waals surface area contributed by atoms with Gasteiger partial charge >= 0.3 is 17.9 Å². The molecule has 0 radical (unpaired) electrons. The van der Waals surface area contributed by atoms with Gasteiger partial charge in [-0.25, -0.2) is 14.4 Å². The van der Waals surface area contributed by atoms with E-state index in [0.717, 1.165) is 26.0 Å². The van der Waals surface area contributed by atoms with E-state index in [0.29, 0.717) is 29.9 Å². The van der Waals surface area contributed by atoms with Gasteiger partial charge in [-0.15, -0.1) is 0 Å². The molecule has 8 nitrogen and oxygen atoms in total. The summed E-state index contributed by atoms with van der Waals surface area (Å²) in [6.07, 6.45) is 3.48. The SMILES string of the molecule is CCO[C@H]1CCN[C@H](c2ccc(C(=O)OC)cc2)C1.O=C(O)/C=C\C(=O)O. The number of carbonyl (C=O) groups excluding carboxylic acids is 1. The molecule has 0 amide bonds. The highest BCUT2D eigenvalue weighted by molar-refractivity contribution is 5.89. The summed E-state index contributed by atoms with van der Waals surface area (Å²) in [5.74, 6) is -2.81. The lowest BCUT2D eigenvalue weighted by Crippen LogP contribution is -2.35. The van der Waals surface area contributed by atoms with E-state index in [1.54, 1.807) is 0 Å². The Morgan fingerprint density at radius 1 is 1.15 bits per heavy atom. The highest BCUT2D eigenvalue weighted by atomic mass is 16.5. The standard InChI is InChI=1S/C15H21NO3.C4H4O4/c1-3-19-13-8-9-16-14(10-13)11-4-6-12(7-5-11)15(17)18-2;5-3(6)1-2-4(7)8/h4-7,13-14,16H,3,8-10H2,1-2H3;1-2H,(H,5,6)(H,7,8)/b;2-1-/t13-,14-;/m0./s1. The Hall–Kier alpha value is -2.71. The van der Waals surface area contributed by atoms with Crippen LogP contribution in [0.25, 0.3) is 0 Å². The van der Waals surface area contributed by atoms with Crippen LogP contribution < -0.4 is 5.32 Å². The maximum absolute atomic E-state index is 11.4. The van der Waals surface area contributed by atoms with Gasteiger partial charge in [0.1, 0.15) is 0 Å². The number of benzene rings is 1. The van der Waals surface area contributed by atoms with Crippen LogP contribution in [0.3, 0.4) is 0 Å². The summed E-state index contributed by atoms with van der Waals surface area (Å²) in [5, 5.41) is 19.1. The maximum atomic E-state index is 11.4. The van der Waals surface area contributed by atoms with Crippen LogP contribution in [0.2, 0.25) is 0 Å². The third-order valence-corrected chi connectivity index (χ3v) is 3.86. The van der Waals surface area contributed by atoms with E-state index in [1.807, 2.05) is 31.2 Å². The molecule has 2 rings (SSSR count). The zero-order chi connectivity index (χ0) is 20.2. The molecule has 1 aromatic carbocycles. The van der Waals surface area contributed by atoms with Gasteiger partial charge in [-0.1, -0.05) is 12.1 Å². The fourth-order valence-electron chi connectivity index (χ4n) is 2.64. The van der Waals surface area contributed by atoms with Crippen molar-refractivity contribution in [2.24, 2.45) is 0 Å². The first kappa shape index (κ1) is 22.3. The molecule has 0 aromatic heterocycles. The van der Waals surface area contributed by atoms with Crippen molar-refractivity contribution in [2.75, 3.05) is 20.3 Å². The highest BCUT2D eigenvalue weighted by Gasteiger charge is 2.23. The summed E-state index contributed by atoms with van der Waals surface area (Å²) in [5.41, 5.74) is 1.78. The second-order valence-electron chi connectivity index (χ2n) is 5.73. The molecule has 0 aliphatic carbocycles. The van der Waals surface area contributed by atoms with E-state index in [9.17, 15) is 14.4 Å². The molecule has 27 heavy (non-hydrogen) atoms. The van der Waals surface area contributed by atoms with Gasteiger partial charge in [0.2, 0.25) is 0 Å². The first-order valence-corrected chi connectivity index (χ1v) is 8.54. The summed E-state index contributed by atoms with van der Waals surface area (Å²) in [6.45, 7) is 3.76. The average molecular weight is 379 g/mol. The van der Waals surface area contributed by atoms with Crippen molar-refractivity contribution < 1.29 is 34.1 Å². The number of carboxylic acid groups (broad SMARTS) is 2. The number of nitrogens with one attached hydrogen (secondary N) is 1. The number of aliphatic carboxylic acids is 2. The number of hydrogen-bond acceptors (Lipinski definition) is 6. The third-order valence-electron chi connectivity index (χ3n) is 3.86. The second kappa shape index (κ2) is 11.8. The molecule has 1 aliphatic rings. The number of methoxy groups -OCH3 is 1. The smallest absolute Gasteiger partial charge is 0.337 e. The van der Waals surface area contributed by atoms with Crippen molar-refractivity contribution in [1.82, 2.24) is 5.32 Å². The van der Waals surface area contributed by atoms with E-state index < -0.39 is 11.9 Å². The maximum Gasteiger partial charge on any atom is 0.337 e. The van der Waals surface area contributed by atoms with E-state index in [2.05, 4.69) is 5.32 Å². The summed E-state index contributed by atoms with van der Waals surface area (Å²) < 4.78 is 10.4. The number of ether oxygens (including phenoxy) is 2. The molecule has 1 saturated heterocycles. The zero-order valence-corrected chi connectivity index (χ0v) is 15.4. The lowest BCUT2D eigenvalue weighted by Gasteiger charge is -2.30. The molecule has 1 heterocycles. The Bertz CT molecular complexity index is 637. The summed E-state index contributed by atoms with van der Waals surface area (Å²) in [7, 11) is 1.39. The number of carboxylic acids is 2. The fraction of sp³-hybridized carbons (Fsp3) is 0.421. The van der Waals surface area contributed by atoms with E-state index >= 15 is 0 Å². The normalized spacial score (nSPS) is 19.0. The summed E-state index contributed by atoms with van der Waals surface area (Å²) in [4.78, 5) is 30.5. The van der Waals surface area contributed by atoms with Gasteiger partial charge in [0.05, 0.1) is 18.8 Å². The van der Waals surface area contributed by atoms with Crippen LogP contribution in [0.5, 0.6) is 0 Å². The molecule has 1 aromatic rings. The minimum absolute atomic E-state index is 0.296. The fourth-order valence-corrected chi connectivity index (χ4v) is 2.64. The van der Waals surface area contributed by atoms with Crippen LogP contribution in [0.1, 0.15) is 41.7 Å². The molecule has 0 unspecified atom stereocenters. The van der Waals surface area contributed by atoms with Crippen molar-refractivity contribution in [2.45, 2.75) is 31.9 Å². The van der Waals surface area contributed by atoms with Crippen LogP contribution in [0.4, 0.5) is 0 Å². The zero-order valence-electron chi connectivity index (χ0n) is 15.4. The van der Waals surface area contributed by atoms with Gasteiger partial charge in [-0.3, -0.25) is 0 Å². The molecule has 148 valence electrons. The van der Waals surface area contributed by atoms with Gasteiger partial charge in [0, 0.05) is 24.8 Å². The number of hydrogen-bond donors (Lipinski definition) is 3. The molecule has 1 fully saturated rings. The first-order chi connectivity index (χ1) is 12.9. The molecular weight excluding hydrogens is 354 g/mol. The molecule has 0 saturated carbocycles. The summed E-state index contributed by atoms with van der Waals surface area (Å²) in [6, 6.07) is 7.90. The quantitative estimate of drug-likeness (QED) is 0.507. The predicted octanol–water partition coefficient (Wildman–Crippen LogP) is 2.01. The molecular formula is C19H25NO7. The molecule has 2 atom stereocenters. The van der Waals surface area contributed by atoms with E-state index in [4.69, 9.17) is 19.7 Å². The lowest BCUT2D eigenvalue weighted by atomic mass is 9.95.